The van der Waals surface area contributed by atoms with Crippen molar-refractivity contribution in [3.63, 3.8) is 0 Å². The number of hydrogen-bond acceptors (Lipinski definition) is 2. The minimum absolute atomic E-state index is 0.0989. The van der Waals surface area contributed by atoms with Gasteiger partial charge < -0.3 is 0 Å². The topological polar surface area (TPSA) is 30.0 Å². The van der Waals surface area contributed by atoms with Crippen LogP contribution in [0.25, 0.3) is 0 Å². The zero-order valence-electron chi connectivity index (χ0n) is 7.41. The van der Waals surface area contributed by atoms with Crippen LogP contribution >= 0.6 is 0 Å². The minimum atomic E-state index is -2.51. The van der Waals surface area contributed by atoms with Crippen molar-refractivity contribution in [3.05, 3.63) is 29.6 Å². The number of nitrogens with zero attached hydrogens (tertiary/aromatic N) is 1. The molecule has 0 saturated heterocycles. The van der Waals surface area contributed by atoms with Gasteiger partial charge in [-0.15, -0.1) is 0 Å². The number of aldehydes is 1. The van der Waals surface area contributed by atoms with Crippen LogP contribution in [0.1, 0.15) is 34.8 Å². The molecule has 1 aliphatic carbocycles. The summed E-state index contributed by atoms with van der Waals surface area (Å²) >= 11 is 0. The van der Waals surface area contributed by atoms with Gasteiger partial charge in [-0.2, -0.15) is 0 Å². The average Bonchev–Trinajstić information content (AvgIpc) is 2.14. The fourth-order valence-electron chi connectivity index (χ4n) is 1.62. The number of rotatable bonds is 2. The van der Waals surface area contributed by atoms with Gasteiger partial charge in [0.1, 0.15) is 5.69 Å². The third-order valence-electron chi connectivity index (χ3n) is 2.49. The first-order valence-electron chi connectivity index (χ1n) is 4.40. The summed E-state index contributed by atoms with van der Waals surface area (Å²) in [4.78, 5) is 14.1. The zero-order chi connectivity index (χ0) is 10.2. The Bertz CT molecular complexity index is 340. The number of pyridine rings is 1. The smallest absolute Gasteiger partial charge is 0.249 e. The minimum Gasteiger partial charge on any atom is -0.296 e. The van der Waals surface area contributed by atoms with Gasteiger partial charge in [-0.3, -0.25) is 9.78 Å². The highest BCUT2D eigenvalue weighted by Crippen LogP contribution is 2.47. The zero-order valence-corrected chi connectivity index (χ0v) is 7.41. The van der Waals surface area contributed by atoms with Crippen molar-refractivity contribution in [2.45, 2.75) is 24.7 Å². The molecule has 2 nitrogen and oxygen atoms in total. The summed E-state index contributed by atoms with van der Waals surface area (Å²) in [6, 6.07) is 3.25. The van der Waals surface area contributed by atoms with Crippen LogP contribution in [0.3, 0.4) is 0 Å². The summed E-state index contributed by atoms with van der Waals surface area (Å²) in [5, 5.41) is 0. The van der Waals surface area contributed by atoms with Crippen LogP contribution in [-0.2, 0) is 0 Å². The van der Waals surface area contributed by atoms with E-state index >= 15 is 0 Å². The molecule has 1 saturated carbocycles. The van der Waals surface area contributed by atoms with E-state index in [1.165, 1.54) is 6.20 Å². The highest BCUT2D eigenvalue weighted by Gasteiger charge is 2.45. The maximum absolute atomic E-state index is 12.5. The van der Waals surface area contributed by atoms with Gasteiger partial charge in [0, 0.05) is 19.0 Å². The number of hydrogen-bond donors (Lipinski definition) is 0. The van der Waals surface area contributed by atoms with Gasteiger partial charge in [0.25, 0.3) is 0 Å². The first kappa shape index (κ1) is 9.24. The fourth-order valence-corrected chi connectivity index (χ4v) is 1.62. The first-order valence-corrected chi connectivity index (χ1v) is 4.40. The Kier molecular flexibility index (Phi) is 2.06. The molecule has 1 heterocycles. The summed E-state index contributed by atoms with van der Waals surface area (Å²) in [5.41, 5.74) is 1.13. The van der Waals surface area contributed by atoms with Crippen LogP contribution in [0.5, 0.6) is 0 Å². The average molecular weight is 197 g/mol. The second-order valence-corrected chi connectivity index (χ2v) is 3.60. The Morgan fingerprint density at radius 1 is 1.43 bits per heavy atom. The third-order valence-corrected chi connectivity index (χ3v) is 2.49. The summed E-state index contributed by atoms with van der Waals surface area (Å²) in [5.74, 6) is -2.60. The van der Waals surface area contributed by atoms with Crippen LogP contribution in [0, 0.1) is 0 Å². The first-order chi connectivity index (χ1) is 6.61. The lowest BCUT2D eigenvalue weighted by atomic mass is 9.77. The summed E-state index contributed by atoms with van der Waals surface area (Å²) in [6.45, 7) is 0. The molecule has 1 aliphatic rings. The molecule has 0 radical (unpaired) electrons. The van der Waals surface area contributed by atoms with Gasteiger partial charge in [0.15, 0.2) is 6.29 Å². The van der Waals surface area contributed by atoms with Crippen molar-refractivity contribution >= 4 is 6.29 Å². The van der Waals surface area contributed by atoms with Crippen LogP contribution < -0.4 is 0 Å². The Balaban J connectivity index is 2.08. The van der Waals surface area contributed by atoms with Gasteiger partial charge in [0.05, 0.1) is 0 Å². The molecule has 74 valence electrons. The van der Waals surface area contributed by atoms with E-state index in [1.54, 1.807) is 12.1 Å². The summed E-state index contributed by atoms with van der Waals surface area (Å²) in [6.07, 6.45) is 1.94. The lowest BCUT2D eigenvalue weighted by Gasteiger charge is -2.34. The van der Waals surface area contributed by atoms with Crippen molar-refractivity contribution in [2.75, 3.05) is 0 Å². The normalized spacial score (nSPS) is 20.1. The van der Waals surface area contributed by atoms with Gasteiger partial charge in [0.2, 0.25) is 5.92 Å². The van der Waals surface area contributed by atoms with E-state index in [0.29, 0.717) is 12.0 Å². The molecule has 0 aromatic carbocycles. The monoisotopic (exact) mass is 197 g/mol. The largest absolute Gasteiger partial charge is 0.296 e. The number of alkyl halides is 2. The summed E-state index contributed by atoms with van der Waals surface area (Å²) < 4.78 is 25.1. The quantitative estimate of drug-likeness (QED) is 0.681. The number of carbonyl (C=O) groups is 1. The predicted octanol–water partition coefficient (Wildman–Crippen LogP) is 2.41. The van der Waals surface area contributed by atoms with E-state index in [9.17, 15) is 13.6 Å². The van der Waals surface area contributed by atoms with Crippen LogP contribution in [0.4, 0.5) is 8.78 Å². The highest BCUT2D eigenvalue weighted by atomic mass is 19.3. The maximum atomic E-state index is 12.5. The van der Waals surface area contributed by atoms with Crippen molar-refractivity contribution in [1.29, 1.82) is 0 Å². The lowest BCUT2D eigenvalue weighted by molar-refractivity contribution is -0.0868. The lowest BCUT2D eigenvalue weighted by Crippen LogP contribution is -2.33. The predicted molar refractivity (Wildman–Crippen MR) is 46.5 cm³/mol. The third kappa shape index (κ3) is 1.64. The van der Waals surface area contributed by atoms with Gasteiger partial charge >= 0.3 is 0 Å². The Labute approximate surface area is 80.0 Å². The van der Waals surface area contributed by atoms with Gasteiger partial charge in [-0.25, -0.2) is 8.78 Å². The molecule has 1 fully saturated rings. The molecule has 4 heteroatoms. The summed E-state index contributed by atoms with van der Waals surface area (Å²) in [7, 11) is 0. The molecule has 0 N–H and O–H groups in total. The fraction of sp³-hybridized carbons (Fsp3) is 0.400. The number of aromatic nitrogens is 1. The molecular formula is C10H9F2NO. The molecule has 0 bridgehead atoms. The molecule has 14 heavy (non-hydrogen) atoms. The molecule has 1 aromatic heterocycles. The Morgan fingerprint density at radius 3 is 2.57 bits per heavy atom. The van der Waals surface area contributed by atoms with Crippen LogP contribution in [0.2, 0.25) is 0 Å². The second kappa shape index (κ2) is 3.12. The molecular weight excluding hydrogens is 188 g/mol. The molecule has 0 atom stereocenters. The highest BCUT2D eigenvalue weighted by molar-refractivity contribution is 5.71. The van der Waals surface area contributed by atoms with E-state index in [1.807, 2.05) is 0 Å². The molecule has 0 aliphatic heterocycles. The molecule has 2 rings (SSSR count). The number of halogens is 2. The van der Waals surface area contributed by atoms with Crippen molar-refractivity contribution < 1.29 is 13.6 Å². The SMILES string of the molecule is O=Cc1ccc(C2CC(F)(F)C2)cn1. The van der Waals surface area contributed by atoms with E-state index in [4.69, 9.17) is 0 Å². The molecule has 0 spiro atoms. The molecule has 1 aromatic rings. The van der Waals surface area contributed by atoms with Crippen molar-refractivity contribution in [1.82, 2.24) is 4.98 Å². The molecule has 0 unspecified atom stereocenters. The standard InChI is InChI=1S/C10H9F2NO/c11-10(12)3-8(4-10)7-1-2-9(6-14)13-5-7/h1-2,5-6,8H,3-4H2. The number of carbonyl (C=O) groups excluding carboxylic acids is 1. The van der Waals surface area contributed by atoms with E-state index in [0.717, 1.165) is 5.56 Å². The van der Waals surface area contributed by atoms with E-state index < -0.39 is 5.92 Å². The maximum Gasteiger partial charge on any atom is 0.249 e. The second-order valence-electron chi connectivity index (χ2n) is 3.60. The van der Waals surface area contributed by atoms with E-state index in [-0.39, 0.29) is 18.8 Å². The van der Waals surface area contributed by atoms with Gasteiger partial charge in [-0.05, 0) is 17.5 Å². The molecule has 0 amide bonds. The van der Waals surface area contributed by atoms with Gasteiger partial charge in [-0.1, -0.05) is 6.07 Å². The van der Waals surface area contributed by atoms with Crippen molar-refractivity contribution in [3.8, 4) is 0 Å². The van der Waals surface area contributed by atoms with E-state index in [2.05, 4.69) is 4.98 Å². The van der Waals surface area contributed by atoms with Crippen LogP contribution in [-0.4, -0.2) is 17.2 Å². The Morgan fingerprint density at radius 2 is 2.14 bits per heavy atom. The van der Waals surface area contributed by atoms with Crippen LogP contribution in [0.15, 0.2) is 18.3 Å². The Hall–Kier alpha value is -1.32. The van der Waals surface area contributed by atoms with Crippen molar-refractivity contribution in [2.24, 2.45) is 0 Å².